The minimum Gasteiger partial charge on any atom is -0.464 e. The van der Waals surface area contributed by atoms with E-state index in [0.717, 1.165) is 27.0 Å². The number of nitrogens with one attached hydrogen (secondary N) is 2. The number of aldehydes is 1. The zero-order valence-electron chi connectivity index (χ0n) is 16.1. The second-order valence-corrected chi connectivity index (χ2v) is 7.26. The summed E-state index contributed by atoms with van der Waals surface area (Å²) in [5.74, 6) is -0.0177. The summed E-state index contributed by atoms with van der Waals surface area (Å²) >= 11 is 0. The number of aromatic amines is 1. The van der Waals surface area contributed by atoms with E-state index in [1.807, 2.05) is 61.7 Å². The van der Waals surface area contributed by atoms with Gasteiger partial charge in [-0.1, -0.05) is 55.5 Å². The van der Waals surface area contributed by atoms with Crippen LogP contribution in [0.5, 0.6) is 0 Å². The molecule has 0 aliphatic heterocycles. The lowest BCUT2D eigenvalue weighted by atomic mass is 9.78. The van der Waals surface area contributed by atoms with Crippen LogP contribution in [0.4, 0.5) is 4.79 Å². The third-order valence-corrected chi connectivity index (χ3v) is 5.37. The Hall–Kier alpha value is -3.12. The molecule has 0 aliphatic rings. The van der Waals surface area contributed by atoms with Crippen LogP contribution in [0.3, 0.4) is 0 Å². The van der Waals surface area contributed by atoms with Crippen LogP contribution in [-0.2, 0) is 11.2 Å². The molecular weight excluding hydrogens is 354 g/mol. The summed E-state index contributed by atoms with van der Waals surface area (Å²) in [6.07, 6.45) is 1.95. The summed E-state index contributed by atoms with van der Waals surface area (Å²) in [4.78, 5) is 25.9. The molecule has 3 rings (SSSR count). The van der Waals surface area contributed by atoms with Gasteiger partial charge in [-0.05, 0) is 30.5 Å². The zero-order chi connectivity index (χ0) is 20.1. The first-order chi connectivity index (χ1) is 13.4. The van der Waals surface area contributed by atoms with E-state index in [1.54, 1.807) is 0 Å². The number of rotatable bonds is 8. The topological polar surface area (TPSA) is 85.4 Å². The number of nitrogens with zero attached hydrogens (tertiary/aromatic N) is 1. The predicted molar refractivity (Wildman–Crippen MR) is 109 cm³/mol. The lowest BCUT2D eigenvalue weighted by Gasteiger charge is -2.40. The average molecular weight is 379 g/mol. The predicted octanol–water partition coefficient (Wildman–Crippen LogP) is 3.96. The van der Waals surface area contributed by atoms with E-state index in [4.69, 9.17) is 0 Å². The molecule has 3 aromatic rings. The van der Waals surface area contributed by atoms with Gasteiger partial charge in [0.1, 0.15) is 6.29 Å². The fourth-order valence-electron chi connectivity index (χ4n) is 3.63. The Labute approximate surface area is 164 Å². The van der Waals surface area contributed by atoms with Gasteiger partial charge in [-0.25, -0.2) is 15.2 Å². The molecule has 28 heavy (non-hydrogen) atoms. The van der Waals surface area contributed by atoms with Crippen molar-refractivity contribution in [2.45, 2.75) is 31.7 Å². The SMILES string of the molecule is CC(c1ccccc1)C(C)(Cc1c[nH]c2ccccc12)NN(CC=O)C(=O)O. The van der Waals surface area contributed by atoms with Crippen molar-refractivity contribution < 1.29 is 14.7 Å². The Balaban J connectivity index is 2.00. The molecule has 1 heterocycles. The van der Waals surface area contributed by atoms with Gasteiger partial charge in [0.2, 0.25) is 0 Å². The number of carboxylic acid groups (broad SMARTS) is 1. The highest BCUT2D eigenvalue weighted by Crippen LogP contribution is 2.33. The highest BCUT2D eigenvalue weighted by atomic mass is 16.4. The minimum atomic E-state index is -1.18. The minimum absolute atomic E-state index is 0.0177. The van der Waals surface area contributed by atoms with Crippen LogP contribution in [-0.4, -0.2) is 39.6 Å². The first kappa shape index (κ1) is 19.6. The van der Waals surface area contributed by atoms with Crippen molar-refractivity contribution in [3.63, 3.8) is 0 Å². The Morgan fingerprint density at radius 3 is 2.57 bits per heavy atom. The number of fused-ring (bicyclic) bond motifs is 1. The Morgan fingerprint density at radius 1 is 1.21 bits per heavy atom. The van der Waals surface area contributed by atoms with E-state index in [9.17, 15) is 14.7 Å². The van der Waals surface area contributed by atoms with Crippen LogP contribution in [0.2, 0.25) is 0 Å². The Morgan fingerprint density at radius 2 is 1.89 bits per heavy atom. The smallest absolute Gasteiger partial charge is 0.422 e. The van der Waals surface area contributed by atoms with Gasteiger partial charge >= 0.3 is 6.09 Å². The molecule has 0 bridgehead atoms. The Bertz CT molecular complexity index is 954. The number of carbonyl (C=O) groups is 2. The van der Waals surface area contributed by atoms with E-state index in [2.05, 4.69) is 23.4 Å². The zero-order valence-corrected chi connectivity index (χ0v) is 16.1. The molecule has 0 radical (unpaired) electrons. The number of amides is 1. The van der Waals surface area contributed by atoms with Gasteiger partial charge < -0.3 is 14.9 Å². The highest BCUT2D eigenvalue weighted by Gasteiger charge is 2.36. The van der Waals surface area contributed by atoms with Gasteiger partial charge in [0.15, 0.2) is 0 Å². The second-order valence-electron chi connectivity index (χ2n) is 7.26. The highest BCUT2D eigenvalue weighted by molar-refractivity contribution is 5.83. The molecule has 2 unspecified atom stereocenters. The van der Waals surface area contributed by atoms with Crippen LogP contribution in [0.25, 0.3) is 10.9 Å². The third kappa shape index (κ3) is 4.07. The largest absolute Gasteiger partial charge is 0.464 e. The number of carbonyl (C=O) groups excluding carboxylic acids is 1. The fourth-order valence-corrected chi connectivity index (χ4v) is 3.63. The molecule has 6 nitrogen and oxygen atoms in total. The molecule has 0 fully saturated rings. The molecule has 6 heteroatoms. The monoisotopic (exact) mass is 379 g/mol. The molecule has 1 amide bonds. The van der Waals surface area contributed by atoms with Crippen molar-refractivity contribution in [2.24, 2.45) is 0 Å². The molecule has 0 aliphatic carbocycles. The molecule has 0 saturated carbocycles. The maximum atomic E-state index is 11.6. The second kappa shape index (κ2) is 8.27. The van der Waals surface area contributed by atoms with Crippen molar-refractivity contribution in [2.75, 3.05) is 6.54 Å². The number of H-pyrrole nitrogens is 1. The van der Waals surface area contributed by atoms with Crippen molar-refractivity contribution in [3.8, 4) is 0 Å². The van der Waals surface area contributed by atoms with E-state index in [0.29, 0.717) is 12.7 Å². The number of aromatic nitrogens is 1. The van der Waals surface area contributed by atoms with Crippen LogP contribution in [0.15, 0.2) is 60.8 Å². The fraction of sp³-hybridized carbons (Fsp3) is 0.273. The van der Waals surface area contributed by atoms with E-state index in [1.165, 1.54) is 0 Å². The molecule has 0 spiro atoms. The normalized spacial score (nSPS) is 14.4. The first-order valence-electron chi connectivity index (χ1n) is 9.26. The quantitative estimate of drug-likeness (QED) is 0.409. The van der Waals surface area contributed by atoms with Crippen molar-refractivity contribution in [1.82, 2.24) is 15.4 Å². The van der Waals surface area contributed by atoms with Crippen LogP contribution >= 0.6 is 0 Å². The molecule has 2 aromatic carbocycles. The summed E-state index contributed by atoms with van der Waals surface area (Å²) in [5, 5.41) is 11.6. The molecule has 2 atom stereocenters. The first-order valence-corrected chi connectivity index (χ1v) is 9.26. The summed E-state index contributed by atoms with van der Waals surface area (Å²) in [7, 11) is 0. The number of para-hydroxylation sites is 1. The van der Waals surface area contributed by atoms with Crippen molar-refractivity contribution in [1.29, 1.82) is 0 Å². The van der Waals surface area contributed by atoms with Crippen molar-refractivity contribution >= 4 is 23.3 Å². The standard InChI is InChI=1S/C22H25N3O3/c1-16(17-8-4-3-5-9-17)22(2,24-25(12-13-26)21(27)28)14-18-15-23-20-11-7-6-10-19(18)20/h3-11,13,15-16,23-24H,12,14H2,1-2H3,(H,27,28). The summed E-state index contributed by atoms with van der Waals surface area (Å²) in [5.41, 5.74) is 5.69. The molecular formula is C22H25N3O3. The van der Waals surface area contributed by atoms with Crippen LogP contribution in [0, 0.1) is 0 Å². The molecule has 1 aromatic heterocycles. The lowest BCUT2D eigenvalue weighted by molar-refractivity contribution is -0.109. The van der Waals surface area contributed by atoms with Gasteiger partial charge in [0.05, 0.1) is 6.54 Å². The van der Waals surface area contributed by atoms with Crippen LogP contribution < -0.4 is 5.43 Å². The lowest BCUT2D eigenvalue weighted by Crippen LogP contribution is -2.58. The Kier molecular flexibility index (Phi) is 5.80. The summed E-state index contributed by atoms with van der Waals surface area (Å²) in [6, 6.07) is 18.0. The van der Waals surface area contributed by atoms with Gasteiger partial charge in [-0.15, -0.1) is 0 Å². The molecule has 3 N–H and O–H groups in total. The van der Waals surface area contributed by atoms with E-state index < -0.39 is 11.6 Å². The summed E-state index contributed by atoms with van der Waals surface area (Å²) in [6.45, 7) is 3.83. The van der Waals surface area contributed by atoms with E-state index >= 15 is 0 Å². The van der Waals surface area contributed by atoms with E-state index in [-0.39, 0.29) is 12.5 Å². The maximum Gasteiger partial charge on any atom is 0.422 e. The van der Waals surface area contributed by atoms with Crippen molar-refractivity contribution in [3.05, 3.63) is 71.9 Å². The van der Waals surface area contributed by atoms with Gasteiger partial charge in [-0.3, -0.25) is 0 Å². The maximum absolute atomic E-state index is 11.6. The van der Waals surface area contributed by atoms with Gasteiger partial charge in [-0.2, -0.15) is 0 Å². The van der Waals surface area contributed by atoms with Gasteiger partial charge in [0.25, 0.3) is 0 Å². The molecule has 0 saturated heterocycles. The molecule has 146 valence electrons. The number of benzene rings is 2. The number of hydrogen-bond donors (Lipinski definition) is 3. The third-order valence-electron chi connectivity index (χ3n) is 5.37. The number of hydrazine groups is 1. The average Bonchev–Trinajstić information content (AvgIpc) is 3.10. The summed E-state index contributed by atoms with van der Waals surface area (Å²) < 4.78 is 0. The van der Waals surface area contributed by atoms with Crippen LogP contribution in [0.1, 0.15) is 30.9 Å². The van der Waals surface area contributed by atoms with Gasteiger partial charge in [0, 0.05) is 28.6 Å². The number of hydrogen-bond acceptors (Lipinski definition) is 3.